The van der Waals surface area contributed by atoms with Crippen LogP contribution in [-0.2, 0) is 0 Å². The molecule has 1 atom stereocenters. The van der Waals surface area contributed by atoms with Crippen molar-refractivity contribution in [1.82, 2.24) is 0 Å². The molecule has 0 aliphatic carbocycles. The number of fused-ring (bicyclic) bond motifs is 1. The summed E-state index contributed by atoms with van der Waals surface area (Å²) < 4.78 is 14.2. The molecule has 1 unspecified atom stereocenters. The lowest BCUT2D eigenvalue weighted by Crippen LogP contribution is -2.12. The van der Waals surface area contributed by atoms with Gasteiger partial charge in [-0.05, 0) is 40.1 Å². The maximum Gasteiger partial charge on any atom is 0.124 e. The Balaban J connectivity index is 2.13. The van der Waals surface area contributed by atoms with Gasteiger partial charge >= 0.3 is 0 Å². The summed E-state index contributed by atoms with van der Waals surface area (Å²) in [6, 6.07) is 12.0. The van der Waals surface area contributed by atoms with Crippen LogP contribution in [0.1, 0.15) is 17.2 Å². The Morgan fingerprint density at radius 2 is 1.95 bits per heavy atom. The van der Waals surface area contributed by atoms with E-state index in [9.17, 15) is 4.39 Å². The molecule has 19 heavy (non-hydrogen) atoms. The largest absolute Gasteiger partial charge is 0.320 e. The van der Waals surface area contributed by atoms with Crippen LogP contribution < -0.4 is 5.73 Å². The Kier molecular flexibility index (Phi) is 3.27. The molecule has 1 heterocycles. The van der Waals surface area contributed by atoms with Crippen LogP contribution in [0.25, 0.3) is 10.1 Å². The minimum atomic E-state index is -0.352. The average Bonchev–Trinajstić information content (AvgIpc) is 2.86. The summed E-state index contributed by atoms with van der Waals surface area (Å²) in [4.78, 5) is 0. The maximum absolute atomic E-state index is 13.1. The number of thiophene rings is 1. The monoisotopic (exact) mass is 291 g/mol. The van der Waals surface area contributed by atoms with E-state index in [2.05, 4.69) is 6.07 Å². The fourth-order valence-corrected chi connectivity index (χ4v) is 3.42. The Labute approximate surface area is 119 Å². The number of hydrogen-bond donors (Lipinski definition) is 1. The maximum atomic E-state index is 13.1. The molecule has 0 radical (unpaired) electrons. The van der Waals surface area contributed by atoms with Crippen molar-refractivity contribution in [2.45, 2.75) is 6.04 Å². The van der Waals surface area contributed by atoms with E-state index < -0.39 is 0 Å². The fraction of sp³-hybridized carbons (Fsp3) is 0.0667. The molecule has 0 bridgehead atoms. The highest BCUT2D eigenvalue weighted by Crippen LogP contribution is 2.33. The molecule has 0 saturated carbocycles. The van der Waals surface area contributed by atoms with Gasteiger partial charge in [0.2, 0.25) is 0 Å². The van der Waals surface area contributed by atoms with E-state index in [0.717, 1.165) is 21.2 Å². The molecule has 3 rings (SSSR count). The third kappa shape index (κ3) is 2.25. The fourth-order valence-electron chi connectivity index (χ4n) is 2.18. The first-order valence-corrected chi connectivity index (χ1v) is 7.09. The molecular formula is C15H11ClFNS. The van der Waals surface area contributed by atoms with E-state index in [1.807, 2.05) is 23.6 Å². The first kappa shape index (κ1) is 12.6. The molecule has 2 aromatic carbocycles. The molecule has 0 aliphatic rings. The average molecular weight is 292 g/mol. The zero-order chi connectivity index (χ0) is 13.4. The predicted molar refractivity (Wildman–Crippen MR) is 79.3 cm³/mol. The van der Waals surface area contributed by atoms with Gasteiger partial charge in [0.25, 0.3) is 0 Å². The summed E-state index contributed by atoms with van der Waals surface area (Å²) in [6.07, 6.45) is 0. The van der Waals surface area contributed by atoms with E-state index >= 15 is 0 Å². The smallest absolute Gasteiger partial charge is 0.124 e. The lowest BCUT2D eigenvalue weighted by atomic mass is 9.98. The molecule has 0 fully saturated rings. The number of benzene rings is 2. The van der Waals surface area contributed by atoms with Crippen molar-refractivity contribution in [3.63, 3.8) is 0 Å². The van der Waals surface area contributed by atoms with Gasteiger partial charge in [0.05, 0.1) is 6.04 Å². The predicted octanol–water partition coefficient (Wildman–Crippen LogP) is 4.74. The van der Waals surface area contributed by atoms with Crippen molar-refractivity contribution in [2.75, 3.05) is 0 Å². The number of rotatable bonds is 2. The molecule has 3 aromatic rings. The molecule has 2 N–H and O–H groups in total. The minimum Gasteiger partial charge on any atom is -0.320 e. The minimum absolute atomic E-state index is 0.351. The standard InChI is InChI=1S/C15H11ClFNS/c16-13-8-10(17)4-5-11(13)14(18)12-3-1-2-9-6-7-19-15(9)12/h1-8,14H,18H2. The summed E-state index contributed by atoms with van der Waals surface area (Å²) in [5.41, 5.74) is 8.05. The topological polar surface area (TPSA) is 26.0 Å². The molecular weight excluding hydrogens is 281 g/mol. The van der Waals surface area contributed by atoms with Gasteiger partial charge in [-0.15, -0.1) is 11.3 Å². The third-order valence-corrected chi connectivity index (χ3v) is 4.45. The van der Waals surface area contributed by atoms with E-state index in [1.54, 1.807) is 17.4 Å². The van der Waals surface area contributed by atoms with Gasteiger partial charge in [-0.3, -0.25) is 0 Å². The molecule has 0 saturated heterocycles. The van der Waals surface area contributed by atoms with Crippen molar-refractivity contribution >= 4 is 33.0 Å². The number of hydrogen-bond acceptors (Lipinski definition) is 2. The Morgan fingerprint density at radius 1 is 1.11 bits per heavy atom. The summed E-state index contributed by atoms with van der Waals surface area (Å²) in [6.45, 7) is 0. The van der Waals surface area contributed by atoms with Crippen LogP contribution in [0.3, 0.4) is 0 Å². The van der Waals surface area contributed by atoms with Crippen molar-refractivity contribution in [1.29, 1.82) is 0 Å². The van der Waals surface area contributed by atoms with Gasteiger partial charge in [0.15, 0.2) is 0 Å². The van der Waals surface area contributed by atoms with Crippen LogP contribution in [0, 0.1) is 5.82 Å². The van der Waals surface area contributed by atoms with E-state index in [-0.39, 0.29) is 11.9 Å². The molecule has 1 aromatic heterocycles. The zero-order valence-corrected chi connectivity index (χ0v) is 11.5. The van der Waals surface area contributed by atoms with Crippen molar-refractivity contribution in [3.05, 3.63) is 69.8 Å². The molecule has 1 nitrogen and oxygen atoms in total. The van der Waals surface area contributed by atoms with E-state index in [1.165, 1.54) is 12.1 Å². The highest BCUT2D eigenvalue weighted by Gasteiger charge is 2.16. The normalized spacial score (nSPS) is 12.8. The van der Waals surface area contributed by atoms with Crippen LogP contribution in [0.2, 0.25) is 5.02 Å². The molecule has 0 amide bonds. The van der Waals surface area contributed by atoms with Gasteiger partial charge in [-0.2, -0.15) is 0 Å². The van der Waals surface area contributed by atoms with Crippen molar-refractivity contribution < 1.29 is 4.39 Å². The van der Waals surface area contributed by atoms with Gasteiger partial charge in [-0.1, -0.05) is 35.9 Å². The van der Waals surface area contributed by atoms with Gasteiger partial charge in [0, 0.05) is 9.72 Å². The Hall–Kier alpha value is -1.42. The second-order valence-corrected chi connectivity index (χ2v) is 5.65. The van der Waals surface area contributed by atoms with Crippen molar-refractivity contribution in [3.8, 4) is 0 Å². The van der Waals surface area contributed by atoms with Gasteiger partial charge in [-0.25, -0.2) is 4.39 Å². The van der Waals surface area contributed by atoms with Crippen LogP contribution in [-0.4, -0.2) is 0 Å². The molecule has 4 heteroatoms. The van der Waals surface area contributed by atoms with Crippen LogP contribution in [0.5, 0.6) is 0 Å². The van der Waals surface area contributed by atoms with Crippen LogP contribution >= 0.6 is 22.9 Å². The Bertz CT molecular complexity index is 738. The van der Waals surface area contributed by atoms with E-state index in [0.29, 0.717) is 5.02 Å². The lowest BCUT2D eigenvalue weighted by Gasteiger charge is -2.15. The highest BCUT2D eigenvalue weighted by molar-refractivity contribution is 7.17. The quantitative estimate of drug-likeness (QED) is 0.725. The second kappa shape index (κ2) is 4.93. The van der Waals surface area contributed by atoms with Crippen LogP contribution in [0.15, 0.2) is 47.8 Å². The summed E-state index contributed by atoms with van der Waals surface area (Å²) >= 11 is 7.73. The molecule has 0 aliphatic heterocycles. The first-order valence-electron chi connectivity index (χ1n) is 5.83. The number of halogens is 2. The lowest BCUT2D eigenvalue weighted by molar-refractivity contribution is 0.626. The van der Waals surface area contributed by atoms with E-state index in [4.69, 9.17) is 17.3 Å². The second-order valence-electron chi connectivity index (χ2n) is 4.33. The Morgan fingerprint density at radius 3 is 2.74 bits per heavy atom. The molecule has 96 valence electrons. The number of nitrogens with two attached hydrogens (primary N) is 1. The van der Waals surface area contributed by atoms with Gasteiger partial charge < -0.3 is 5.73 Å². The highest BCUT2D eigenvalue weighted by atomic mass is 35.5. The van der Waals surface area contributed by atoms with Crippen LogP contribution in [0.4, 0.5) is 4.39 Å². The summed E-state index contributed by atoms with van der Waals surface area (Å²) in [5, 5.41) is 3.56. The van der Waals surface area contributed by atoms with Gasteiger partial charge in [0.1, 0.15) is 5.82 Å². The zero-order valence-electron chi connectivity index (χ0n) is 9.94. The van der Waals surface area contributed by atoms with Crippen molar-refractivity contribution in [2.24, 2.45) is 5.73 Å². The molecule has 0 spiro atoms. The first-order chi connectivity index (χ1) is 9.16. The third-order valence-electron chi connectivity index (χ3n) is 3.14. The summed E-state index contributed by atoms with van der Waals surface area (Å²) in [7, 11) is 0. The SMILES string of the molecule is NC(c1ccc(F)cc1Cl)c1cccc2ccsc12. The summed E-state index contributed by atoms with van der Waals surface area (Å²) in [5.74, 6) is -0.352.